The second kappa shape index (κ2) is 5.68. The van der Waals surface area contributed by atoms with E-state index in [0.717, 1.165) is 5.39 Å². The minimum absolute atomic E-state index is 0.0526. The van der Waals surface area contributed by atoms with Crippen LogP contribution in [-0.2, 0) is 16.4 Å². The van der Waals surface area contributed by atoms with Crippen LogP contribution in [-0.4, -0.2) is 18.5 Å². The maximum Gasteiger partial charge on any atom is 0.224 e. The lowest BCUT2D eigenvalue weighted by molar-refractivity contribution is 0.278. The largest absolute Gasteiger partial charge is 0.392 e. The fraction of sp³-hybridized carbons (Fsp3) is 0.0625. The molecule has 112 valence electrons. The lowest BCUT2D eigenvalue weighted by Crippen LogP contribution is -2.07. The third-order valence-corrected chi connectivity index (χ3v) is 5.32. The Hall–Kier alpha value is -1.95. The fourth-order valence-electron chi connectivity index (χ4n) is 2.24. The van der Waals surface area contributed by atoms with Crippen LogP contribution in [0.3, 0.4) is 0 Å². The van der Waals surface area contributed by atoms with E-state index in [1.807, 2.05) is 0 Å². The molecule has 0 aliphatic heterocycles. The number of sulfone groups is 1. The molecule has 3 aromatic rings. The van der Waals surface area contributed by atoms with Gasteiger partial charge < -0.3 is 5.11 Å². The van der Waals surface area contributed by atoms with Crippen LogP contribution >= 0.6 is 11.6 Å². The van der Waals surface area contributed by atoms with Crippen molar-refractivity contribution in [1.29, 1.82) is 0 Å². The van der Waals surface area contributed by atoms with Gasteiger partial charge in [-0.1, -0.05) is 29.8 Å². The summed E-state index contributed by atoms with van der Waals surface area (Å²) in [6.45, 7) is -0.349. The number of aliphatic hydroxyl groups excluding tert-OH is 1. The molecule has 0 atom stereocenters. The van der Waals surface area contributed by atoms with Crippen molar-refractivity contribution in [2.24, 2.45) is 0 Å². The molecule has 0 unspecified atom stereocenters. The zero-order valence-electron chi connectivity index (χ0n) is 11.4. The van der Waals surface area contributed by atoms with Crippen molar-refractivity contribution < 1.29 is 13.5 Å². The Morgan fingerprint density at radius 1 is 1.05 bits per heavy atom. The zero-order chi connectivity index (χ0) is 15.7. The molecule has 0 amide bonds. The van der Waals surface area contributed by atoms with Gasteiger partial charge in [-0.15, -0.1) is 0 Å². The highest BCUT2D eigenvalue weighted by Crippen LogP contribution is 2.25. The third kappa shape index (κ3) is 2.59. The van der Waals surface area contributed by atoms with Crippen molar-refractivity contribution in [3.63, 3.8) is 0 Å². The first-order chi connectivity index (χ1) is 10.5. The van der Waals surface area contributed by atoms with Gasteiger partial charge in [-0.25, -0.2) is 13.4 Å². The molecule has 0 aliphatic rings. The number of fused-ring (bicyclic) bond motifs is 1. The number of hydrogen-bond acceptors (Lipinski definition) is 4. The molecule has 1 N–H and O–H groups in total. The van der Waals surface area contributed by atoms with E-state index in [1.165, 1.54) is 12.1 Å². The number of rotatable bonds is 3. The Labute approximate surface area is 132 Å². The van der Waals surface area contributed by atoms with Crippen LogP contribution in [0, 0.1) is 0 Å². The first-order valence-corrected chi connectivity index (χ1v) is 8.38. The monoisotopic (exact) mass is 333 g/mol. The Morgan fingerprint density at radius 3 is 2.59 bits per heavy atom. The van der Waals surface area contributed by atoms with Crippen molar-refractivity contribution >= 4 is 32.3 Å². The van der Waals surface area contributed by atoms with Crippen LogP contribution in [0.1, 0.15) is 5.56 Å². The maximum absolute atomic E-state index is 12.7. The molecule has 0 saturated carbocycles. The van der Waals surface area contributed by atoms with E-state index >= 15 is 0 Å². The van der Waals surface area contributed by atoms with Crippen LogP contribution in [0.4, 0.5) is 0 Å². The summed E-state index contributed by atoms with van der Waals surface area (Å²) in [6, 6.07) is 14.5. The van der Waals surface area contributed by atoms with E-state index in [2.05, 4.69) is 4.98 Å². The molecule has 1 aromatic heterocycles. The minimum Gasteiger partial charge on any atom is -0.392 e. The number of hydrogen-bond donors (Lipinski definition) is 1. The molecule has 0 saturated heterocycles. The number of pyridine rings is 1. The normalized spacial score (nSPS) is 11.7. The van der Waals surface area contributed by atoms with Gasteiger partial charge in [0.15, 0.2) is 5.03 Å². The second-order valence-electron chi connectivity index (χ2n) is 4.76. The smallest absolute Gasteiger partial charge is 0.224 e. The molecule has 6 heteroatoms. The van der Waals surface area contributed by atoms with Gasteiger partial charge in [0, 0.05) is 10.4 Å². The summed E-state index contributed by atoms with van der Waals surface area (Å²) in [5.74, 6) is 0. The Balaban J connectivity index is 2.19. The summed E-state index contributed by atoms with van der Waals surface area (Å²) < 4.78 is 25.4. The highest BCUT2D eigenvalue weighted by atomic mass is 35.5. The van der Waals surface area contributed by atoms with Gasteiger partial charge in [-0.2, -0.15) is 0 Å². The highest BCUT2D eigenvalue weighted by Gasteiger charge is 2.22. The molecule has 0 aliphatic carbocycles. The molecule has 4 nitrogen and oxygen atoms in total. The van der Waals surface area contributed by atoms with Crippen molar-refractivity contribution in [2.75, 3.05) is 0 Å². The lowest BCUT2D eigenvalue weighted by Gasteiger charge is -2.09. The van der Waals surface area contributed by atoms with E-state index in [0.29, 0.717) is 16.1 Å². The molecule has 0 bridgehead atoms. The number of aromatic nitrogens is 1. The number of aliphatic hydroxyl groups is 1. The summed E-state index contributed by atoms with van der Waals surface area (Å²) in [7, 11) is -3.79. The summed E-state index contributed by atoms with van der Waals surface area (Å²) in [5.41, 5.74) is 0.896. The Kier molecular flexibility index (Phi) is 3.87. The molecule has 1 heterocycles. The fourth-order valence-corrected chi connectivity index (χ4v) is 3.84. The molecule has 0 spiro atoms. The Morgan fingerprint density at radius 2 is 1.82 bits per heavy atom. The van der Waals surface area contributed by atoms with Crippen LogP contribution in [0.15, 0.2) is 64.5 Å². The third-order valence-electron chi connectivity index (χ3n) is 3.33. The second-order valence-corrected chi connectivity index (χ2v) is 7.06. The molecule has 3 rings (SSSR count). The van der Waals surface area contributed by atoms with E-state index in [1.54, 1.807) is 42.5 Å². The van der Waals surface area contributed by atoms with E-state index < -0.39 is 9.84 Å². The van der Waals surface area contributed by atoms with Gasteiger partial charge in [0.25, 0.3) is 0 Å². The zero-order valence-corrected chi connectivity index (χ0v) is 13.0. The summed E-state index contributed by atoms with van der Waals surface area (Å²) in [4.78, 5) is 4.28. The summed E-state index contributed by atoms with van der Waals surface area (Å²) in [5, 5.41) is 10.6. The average molecular weight is 334 g/mol. The van der Waals surface area contributed by atoms with Gasteiger partial charge in [0.2, 0.25) is 9.84 Å². The van der Waals surface area contributed by atoms with Gasteiger partial charge >= 0.3 is 0 Å². The number of halogens is 1. The highest BCUT2D eigenvalue weighted by molar-refractivity contribution is 7.91. The van der Waals surface area contributed by atoms with Gasteiger partial charge in [0.1, 0.15) is 0 Å². The SMILES string of the molecule is O=S(=O)(c1ccc2cc(Cl)ccc2n1)c1ccccc1CO. The summed E-state index contributed by atoms with van der Waals surface area (Å²) >= 11 is 5.91. The van der Waals surface area contributed by atoms with Crippen molar-refractivity contribution in [2.45, 2.75) is 16.5 Å². The van der Waals surface area contributed by atoms with E-state index in [9.17, 15) is 13.5 Å². The lowest BCUT2D eigenvalue weighted by atomic mass is 10.2. The molecule has 2 aromatic carbocycles. The molecular formula is C16H12ClNO3S. The minimum atomic E-state index is -3.79. The quantitative estimate of drug-likeness (QED) is 0.799. The van der Waals surface area contributed by atoms with Crippen molar-refractivity contribution in [3.05, 3.63) is 65.2 Å². The summed E-state index contributed by atoms with van der Waals surface area (Å²) in [6.07, 6.45) is 0. The first kappa shape index (κ1) is 15.0. The van der Waals surface area contributed by atoms with Crippen LogP contribution in [0.2, 0.25) is 5.02 Å². The van der Waals surface area contributed by atoms with Crippen LogP contribution < -0.4 is 0 Å². The first-order valence-electron chi connectivity index (χ1n) is 6.52. The van der Waals surface area contributed by atoms with Crippen molar-refractivity contribution in [3.8, 4) is 0 Å². The molecule has 0 fully saturated rings. The predicted molar refractivity (Wildman–Crippen MR) is 84.6 cm³/mol. The van der Waals surface area contributed by atoms with Gasteiger partial charge in [-0.05, 0) is 42.0 Å². The topological polar surface area (TPSA) is 67.3 Å². The van der Waals surface area contributed by atoms with E-state index in [4.69, 9.17) is 11.6 Å². The van der Waals surface area contributed by atoms with E-state index in [-0.39, 0.29) is 16.5 Å². The van der Waals surface area contributed by atoms with Crippen molar-refractivity contribution in [1.82, 2.24) is 4.98 Å². The Bertz CT molecular complexity index is 955. The standard InChI is InChI=1S/C16H12ClNO3S/c17-13-6-7-14-11(9-13)5-8-16(18-14)22(20,21)15-4-2-1-3-12(15)10-19/h1-9,19H,10H2. The number of benzene rings is 2. The average Bonchev–Trinajstić information content (AvgIpc) is 2.54. The van der Waals surface area contributed by atoms with Gasteiger partial charge in [0.05, 0.1) is 17.0 Å². The molecular weight excluding hydrogens is 322 g/mol. The van der Waals surface area contributed by atoms with Gasteiger partial charge in [-0.3, -0.25) is 0 Å². The molecule has 0 radical (unpaired) electrons. The van der Waals surface area contributed by atoms with Crippen LogP contribution in [0.5, 0.6) is 0 Å². The molecule has 22 heavy (non-hydrogen) atoms. The predicted octanol–water partition coefficient (Wildman–Crippen LogP) is 3.21. The number of nitrogens with zero attached hydrogens (tertiary/aromatic N) is 1. The van der Waals surface area contributed by atoms with Crippen LogP contribution in [0.25, 0.3) is 10.9 Å². The maximum atomic E-state index is 12.7.